The number of hydrogen-bond acceptors (Lipinski definition) is 6. The molecule has 0 aromatic heterocycles. The number of rotatable bonds is 10. The predicted octanol–water partition coefficient (Wildman–Crippen LogP) is 2.12. The van der Waals surface area contributed by atoms with Crippen LogP contribution >= 0.6 is 31.9 Å². The number of halogens is 2. The van der Waals surface area contributed by atoms with Gasteiger partial charge < -0.3 is 0 Å². The monoisotopic (exact) mass is 583 g/mol. The number of hydroxylamine groups is 1. The molecule has 0 aliphatic heterocycles. The Hall–Kier alpha value is -1.35. The van der Waals surface area contributed by atoms with Crippen molar-refractivity contribution in [1.29, 1.82) is 0 Å². The van der Waals surface area contributed by atoms with Crippen molar-refractivity contribution in [3.8, 4) is 0 Å². The van der Waals surface area contributed by atoms with Crippen molar-refractivity contribution in [2.75, 3.05) is 6.54 Å². The van der Waals surface area contributed by atoms with Crippen LogP contribution in [0.3, 0.4) is 0 Å². The highest BCUT2D eigenvalue weighted by atomic mass is 79.9. The average molecular weight is 585 g/mol. The van der Waals surface area contributed by atoms with Gasteiger partial charge in [0.25, 0.3) is 5.91 Å². The molecule has 0 spiro atoms. The van der Waals surface area contributed by atoms with Crippen molar-refractivity contribution in [2.24, 2.45) is 0 Å². The molecule has 0 bridgehead atoms. The lowest BCUT2D eigenvalue weighted by Gasteiger charge is -2.17. The highest BCUT2D eigenvalue weighted by molar-refractivity contribution is 9.10. The largest absolute Gasteiger partial charge is 0.289 e. The summed E-state index contributed by atoms with van der Waals surface area (Å²) in [7, 11) is -7.78. The zero-order valence-electron chi connectivity index (χ0n) is 15.4. The molecule has 0 aliphatic carbocycles. The maximum absolute atomic E-state index is 12.5. The molecule has 30 heavy (non-hydrogen) atoms. The van der Waals surface area contributed by atoms with Crippen molar-refractivity contribution in [2.45, 2.75) is 28.7 Å². The first kappa shape index (κ1) is 24.9. The van der Waals surface area contributed by atoms with Crippen LogP contribution in [0.4, 0.5) is 0 Å². The van der Waals surface area contributed by atoms with Crippen molar-refractivity contribution < 1.29 is 26.8 Å². The second-order valence-corrected chi connectivity index (χ2v) is 11.4. The summed E-state index contributed by atoms with van der Waals surface area (Å²) in [5.41, 5.74) is 1.42. The van der Waals surface area contributed by atoms with Crippen LogP contribution in [0.25, 0.3) is 0 Å². The summed E-state index contributed by atoms with van der Waals surface area (Å²) in [6.45, 7) is -0.0341. The van der Waals surface area contributed by atoms with E-state index in [0.29, 0.717) is 4.47 Å². The SMILES string of the molecule is O=C(NO)[C@H](CCCNS(=O)(=O)c1ccc(Br)cc1)NS(=O)(=O)c1ccc(Br)cc1. The normalized spacial score (nSPS) is 13.0. The van der Waals surface area contributed by atoms with Gasteiger partial charge in [0.2, 0.25) is 20.0 Å². The molecule has 9 nitrogen and oxygen atoms in total. The molecule has 1 amide bonds. The topological polar surface area (TPSA) is 142 Å². The summed E-state index contributed by atoms with van der Waals surface area (Å²) in [6.07, 6.45) is 0.0850. The summed E-state index contributed by atoms with van der Waals surface area (Å²) < 4.78 is 55.5. The number of sulfonamides is 2. The molecular weight excluding hydrogens is 566 g/mol. The Morgan fingerprint density at radius 1 is 0.867 bits per heavy atom. The zero-order chi connectivity index (χ0) is 22.4. The molecule has 0 aliphatic rings. The molecule has 0 saturated heterocycles. The average Bonchev–Trinajstić information content (AvgIpc) is 2.70. The fourth-order valence-corrected chi connectivity index (χ4v) is 5.23. The molecule has 2 aromatic rings. The van der Waals surface area contributed by atoms with Gasteiger partial charge in [-0.1, -0.05) is 31.9 Å². The molecular formula is C17H19Br2N3O6S2. The van der Waals surface area contributed by atoms with Gasteiger partial charge in [-0.05, 0) is 61.4 Å². The fraction of sp³-hybridized carbons (Fsp3) is 0.235. The first-order valence-corrected chi connectivity index (χ1v) is 13.1. The van der Waals surface area contributed by atoms with Crippen LogP contribution in [0.1, 0.15) is 12.8 Å². The number of carbonyl (C=O) groups excluding carboxylic acids is 1. The third-order valence-corrected chi connectivity index (χ3v) is 7.96. The van der Waals surface area contributed by atoms with Gasteiger partial charge in [0.15, 0.2) is 0 Å². The van der Waals surface area contributed by atoms with E-state index in [9.17, 15) is 21.6 Å². The highest BCUT2D eigenvalue weighted by Crippen LogP contribution is 2.16. The molecule has 0 fully saturated rings. The third kappa shape index (κ3) is 7.11. The van der Waals surface area contributed by atoms with E-state index in [-0.39, 0.29) is 29.2 Å². The molecule has 2 rings (SSSR count). The summed E-state index contributed by atoms with van der Waals surface area (Å²) in [6, 6.07) is 10.5. The van der Waals surface area contributed by atoms with E-state index in [4.69, 9.17) is 5.21 Å². The second kappa shape index (κ2) is 10.8. The van der Waals surface area contributed by atoms with E-state index in [1.807, 2.05) is 0 Å². The van der Waals surface area contributed by atoms with E-state index in [2.05, 4.69) is 41.3 Å². The van der Waals surface area contributed by atoms with Crippen LogP contribution in [0.15, 0.2) is 67.3 Å². The van der Waals surface area contributed by atoms with Crippen LogP contribution in [-0.4, -0.2) is 40.5 Å². The zero-order valence-corrected chi connectivity index (χ0v) is 20.2. The summed E-state index contributed by atoms with van der Waals surface area (Å²) in [4.78, 5) is 11.9. The molecule has 0 radical (unpaired) electrons. The lowest BCUT2D eigenvalue weighted by atomic mass is 10.1. The molecule has 164 valence electrons. The molecule has 0 unspecified atom stereocenters. The Bertz CT molecular complexity index is 1080. The number of amides is 1. The van der Waals surface area contributed by atoms with Gasteiger partial charge in [0, 0.05) is 15.5 Å². The van der Waals surface area contributed by atoms with Gasteiger partial charge in [-0.2, -0.15) is 4.72 Å². The molecule has 2 aromatic carbocycles. The van der Waals surface area contributed by atoms with Gasteiger partial charge in [0.05, 0.1) is 9.79 Å². The molecule has 0 saturated carbocycles. The molecule has 4 N–H and O–H groups in total. The van der Waals surface area contributed by atoms with E-state index >= 15 is 0 Å². The van der Waals surface area contributed by atoms with Crippen molar-refractivity contribution in [3.05, 3.63) is 57.5 Å². The Morgan fingerprint density at radius 3 is 1.80 bits per heavy atom. The van der Waals surface area contributed by atoms with Gasteiger partial charge >= 0.3 is 0 Å². The lowest BCUT2D eigenvalue weighted by Crippen LogP contribution is -2.46. The van der Waals surface area contributed by atoms with Gasteiger partial charge in [0.1, 0.15) is 6.04 Å². The van der Waals surface area contributed by atoms with Crippen LogP contribution in [-0.2, 0) is 24.8 Å². The van der Waals surface area contributed by atoms with E-state index in [1.54, 1.807) is 12.1 Å². The van der Waals surface area contributed by atoms with Crippen molar-refractivity contribution in [3.63, 3.8) is 0 Å². The Labute approximate surface area is 191 Å². The fourth-order valence-electron chi connectivity index (χ4n) is 2.40. The quantitative estimate of drug-likeness (QED) is 0.191. The number of carbonyl (C=O) groups is 1. The Kier molecular flexibility index (Phi) is 8.97. The maximum Gasteiger partial charge on any atom is 0.261 e. The Morgan fingerprint density at radius 2 is 1.33 bits per heavy atom. The molecule has 1 atom stereocenters. The number of benzene rings is 2. The lowest BCUT2D eigenvalue weighted by molar-refractivity contribution is -0.131. The summed E-state index contributed by atoms with van der Waals surface area (Å²) in [5, 5.41) is 8.91. The Balaban J connectivity index is 1.99. The van der Waals surface area contributed by atoms with Crippen LogP contribution in [0.2, 0.25) is 0 Å². The van der Waals surface area contributed by atoms with Crippen LogP contribution in [0.5, 0.6) is 0 Å². The number of hydrogen-bond donors (Lipinski definition) is 4. The second-order valence-electron chi connectivity index (χ2n) is 6.10. The third-order valence-electron chi connectivity index (χ3n) is 3.93. The van der Waals surface area contributed by atoms with Gasteiger partial charge in [-0.15, -0.1) is 0 Å². The first-order chi connectivity index (χ1) is 14.0. The molecule has 13 heteroatoms. The smallest absolute Gasteiger partial charge is 0.261 e. The van der Waals surface area contributed by atoms with Crippen LogP contribution in [0, 0.1) is 0 Å². The summed E-state index contributed by atoms with van der Waals surface area (Å²) in [5.74, 6) is -0.952. The van der Waals surface area contributed by atoms with E-state index in [0.717, 1.165) is 4.47 Å². The van der Waals surface area contributed by atoms with Gasteiger partial charge in [-0.25, -0.2) is 27.0 Å². The highest BCUT2D eigenvalue weighted by Gasteiger charge is 2.25. The predicted molar refractivity (Wildman–Crippen MR) is 117 cm³/mol. The minimum atomic E-state index is -4.03. The minimum absolute atomic E-state index is 0.0341. The maximum atomic E-state index is 12.5. The minimum Gasteiger partial charge on any atom is -0.289 e. The van der Waals surface area contributed by atoms with Crippen LogP contribution < -0.4 is 14.9 Å². The standard InChI is InChI=1S/C17H19Br2N3O6S2/c18-12-3-7-14(8-4-12)29(25,26)20-11-1-2-16(17(23)21-24)22-30(27,28)15-9-5-13(19)6-10-15/h3-10,16,20,22,24H,1-2,11H2,(H,21,23)/t16-/m0/s1. The van der Waals surface area contributed by atoms with Gasteiger partial charge in [-0.3, -0.25) is 10.0 Å². The first-order valence-electron chi connectivity index (χ1n) is 8.52. The van der Waals surface area contributed by atoms with E-state index < -0.39 is 32.0 Å². The van der Waals surface area contributed by atoms with Crippen molar-refractivity contribution >= 4 is 57.8 Å². The van der Waals surface area contributed by atoms with E-state index in [1.165, 1.54) is 41.9 Å². The molecule has 0 heterocycles. The summed E-state index contributed by atoms with van der Waals surface area (Å²) >= 11 is 6.43. The van der Waals surface area contributed by atoms with Crippen molar-refractivity contribution in [1.82, 2.24) is 14.9 Å². The number of nitrogens with one attached hydrogen (secondary N) is 3.